The third-order valence-electron chi connectivity index (χ3n) is 14.7. The van der Waals surface area contributed by atoms with Crippen LogP contribution in [0.2, 0.25) is 0 Å². The number of carbonyl (C=O) groups is 10. The first-order valence-corrected chi connectivity index (χ1v) is 35.0. The normalized spacial score (nSPS) is 11.1. The molecule has 0 heterocycles. The van der Waals surface area contributed by atoms with E-state index in [9.17, 15) is 47.9 Å². The highest BCUT2D eigenvalue weighted by atomic mass is 16.6. The topological polar surface area (TPSA) is 374 Å². The number of ether oxygens (including phenoxy) is 5. The van der Waals surface area contributed by atoms with Gasteiger partial charge in [-0.25, -0.2) is 55.8 Å². The maximum absolute atomic E-state index is 12.7. The predicted octanol–water partition coefficient (Wildman–Crippen LogP) is 13.3. The van der Waals surface area contributed by atoms with Crippen molar-refractivity contribution in [3.63, 3.8) is 0 Å². The van der Waals surface area contributed by atoms with Crippen LogP contribution in [0, 0.1) is 0 Å². The van der Waals surface area contributed by atoms with Crippen LogP contribution in [0.4, 0.5) is 36.2 Å². The summed E-state index contributed by atoms with van der Waals surface area (Å²) in [5, 5.41) is 28.1. The van der Waals surface area contributed by atoms with Crippen molar-refractivity contribution < 1.29 is 82.0 Å². The third-order valence-corrected chi connectivity index (χ3v) is 14.7. The molecule has 106 heavy (non-hydrogen) atoms. The molecule has 11 N–H and O–H groups in total. The number of benzene rings is 6. The number of nitrogens with zero attached hydrogens (tertiary/aromatic N) is 2. The fraction of sp³-hybridized carbons (Fsp3) is 0.418. The molecule has 0 saturated carbocycles. The number of hydrogen-bond donors (Lipinski definition) is 10. The highest BCUT2D eigenvalue weighted by molar-refractivity contribution is 5.94. The lowest BCUT2D eigenvalue weighted by Crippen LogP contribution is -2.50. The first kappa shape index (κ1) is 87.5. The van der Waals surface area contributed by atoms with Crippen molar-refractivity contribution in [2.24, 2.45) is 5.73 Å². The monoisotopic (exact) mass is 1470 g/mol. The number of anilines is 3. The summed E-state index contributed by atoms with van der Waals surface area (Å²) in [5.74, 6) is -1.73. The fourth-order valence-electron chi connectivity index (χ4n) is 9.62. The average Bonchev–Trinajstić information content (AvgIpc) is 0.879. The van der Waals surface area contributed by atoms with Gasteiger partial charge in [-0.3, -0.25) is 34.4 Å². The number of esters is 1. The Morgan fingerprint density at radius 1 is 0.358 bits per heavy atom. The highest BCUT2D eigenvalue weighted by Crippen LogP contribution is 2.20. The standard InChI is InChI=1S/C30H41N3O7.C29H40N4O7.C20H25N3O3/c1-29(2,3)39-27(36)32-33(28(37)40-30(4,5)6)20-19-22-13-17-24(18-14-22)31-25(34)10-8-9-21-11-15-23(16-12-21)26(35)38-7;1-28(2,3)39-26(36)31-33(27(37)40-29(4,5)6)19-18-21-12-16-23(17-13-21)30-24(34)9-7-8-20-10-14-22(15-11-20)25(35)32-38;21-14-2-4-16-8-12-18(13-9-16)22-19(24)5-1-3-15-6-10-17(11-7-15)20(25)23-26/h11-18H,8-10,19-20H2,1-7H3,(H,31,34)(H,32,36);10-17,38H,7-9,18-19H2,1-6H3,(H,30,34)(H,31,36)(H,32,35);6-13,26H,1-5,14,21H2,(H,22,24)(H,23,25). The van der Waals surface area contributed by atoms with Crippen LogP contribution in [0.15, 0.2) is 146 Å². The van der Waals surface area contributed by atoms with E-state index in [1.165, 1.54) is 12.7 Å². The molecule has 0 spiro atoms. The average molecular weight is 1470 g/mol. The second-order valence-corrected chi connectivity index (χ2v) is 28.6. The van der Waals surface area contributed by atoms with Gasteiger partial charge in [0.25, 0.3) is 11.8 Å². The van der Waals surface area contributed by atoms with E-state index in [1.54, 1.807) is 167 Å². The number of amides is 9. The zero-order chi connectivity index (χ0) is 78.6. The van der Waals surface area contributed by atoms with E-state index in [0.717, 1.165) is 62.8 Å². The molecule has 0 aliphatic heterocycles. The first-order valence-electron chi connectivity index (χ1n) is 35.0. The molecule has 0 atom stereocenters. The lowest BCUT2D eigenvalue weighted by Gasteiger charge is -2.28. The molecule has 0 saturated heterocycles. The molecule has 0 aliphatic carbocycles. The molecule has 6 aromatic rings. The molecule has 6 rings (SSSR count). The van der Waals surface area contributed by atoms with Crippen molar-refractivity contribution in [3.8, 4) is 0 Å². The summed E-state index contributed by atoms with van der Waals surface area (Å²) < 4.78 is 26.0. The van der Waals surface area contributed by atoms with Crippen LogP contribution >= 0.6 is 0 Å². The van der Waals surface area contributed by atoms with E-state index >= 15 is 0 Å². The van der Waals surface area contributed by atoms with Gasteiger partial charge >= 0.3 is 30.3 Å². The molecular weight excluding hydrogens is 1360 g/mol. The molecule has 0 fully saturated rings. The van der Waals surface area contributed by atoms with Gasteiger partial charge in [0.05, 0.1) is 25.8 Å². The number of aryl methyl sites for hydroxylation is 4. The largest absolute Gasteiger partial charge is 0.465 e. The Kier molecular flexibility index (Phi) is 35.8. The lowest BCUT2D eigenvalue weighted by molar-refractivity contribution is -0.117. The molecule has 6 aromatic carbocycles. The second-order valence-electron chi connectivity index (χ2n) is 28.6. The molecule has 9 amide bonds. The first-order chi connectivity index (χ1) is 49.9. The van der Waals surface area contributed by atoms with Gasteiger partial charge in [-0.15, -0.1) is 0 Å². The summed E-state index contributed by atoms with van der Waals surface area (Å²) in [7, 11) is 1.34. The molecule has 0 aliphatic rings. The Hall–Kier alpha value is -10.9. The Morgan fingerprint density at radius 2 is 0.613 bits per heavy atom. The summed E-state index contributed by atoms with van der Waals surface area (Å²) in [6, 6.07) is 43.2. The number of carbonyl (C=O) groups excluding carboxylic acids is 10. The highest BCUT2D eigenvalue weighted by Gasteiger charge is 2.28. The Labute approximate surface area is 621 Å². The number of hydrazine groups is 2. The number of rotatable bonds is 27. The molecule has 0 aromatic heterocycles. The van der Waals surface area contributed by atoms with Crippen molar-refractivity contribution >= 4 is 76.9 Å². The molecular formula is C79H106N10O17. The zero-order valence-corrected chi connectivity index (χ0v) is 63.2. The second kappa shape index (κ2) is 43.4. The van der Waals surface area contributed by atoms with Crippen LogP contribution in [0.3, 0.4) is 0 Å². The van der Waals surface area contributed by atoms with Crippen LogP contribution in [0.5, 0.6) is 0 Å². The minimum absolute atomic E-state index is 0.0176. The van der Waals surface area contributed by atoms with E-state index in [-0.39, 0.29) is 36.8 Å². The summed E-state index contributed by atoms with van der Waals surface area (Å²) in [6.45, 7) is 21.8. The zero-order valence-electron chi connectivity index (χ0n) is 63.2. The van der Waals surface area contributed by atoms with Crippen LogP contribution in [-0.4, -0.2) is 129 Å². The van der Waals surface area contributed by atoms with E-state index in [2.05, 4.69) is 26.8 Å². The van der Waals surface area contributed by atoms with Gasteiger partial charge in [0.15, 0.2) is 0 Å². The van der Waals surface area contributed by atoms with Gasteiger partial charge in [-0.05, 0) is 260 Å². The molecule has 0 radical (unpaired) electrons. The number of nitrogens with two attached hydrogens (primary N) is 1. The summed E-state index contributed by atoms with van der Waals surface area (Å²) in [4.78, 5) is 121. The van der Waals surface area contributed by atoms with Crippen LogP contribution in [-0.2, 0) is 76.6 Å². The maximum Gasteiger partial charge on any atom is 0.429 e. The van der Waals surface area contributed by atoms with E-state index < -0.39 is 58.6 Å². The van der Waals surface area contributed by atoms with Gasteiger partial charge < -0.3 is 45.4 Å². The fourth-order valence-corrected chi connectivity index (χ4v) is 9.62. The SMILES string of the molecule is CC(C)(C)OC(=O)NN(CCc1ccc(NC(=O)CCCc2ccc(C(=O)NO)cc2)cc1)C(=O)OC(C)(C)C.COC(=O)c1ccc(CCCC(=O)Nc2ccc(CCN(NC(=O)OC(C)(C)C)C(=O)OC(C)(C)C)cc2)cc1.NCCCc1ccc(NC(=O)CCCc2ccc(C(=O)NO)cc2)cc1. The Bertz CT molecular complexity index is 3600. The van der Waals surface area contributed by atoms with E-state index in [4.69, 9.17) is 39.8 Å². The number of hydrogen-bond acceptors (Lipinski definition) is 18. The smallest absolute Gasteiger partial charge is 0.429 e. The minimum atomic E-state index is -0.762. The molecule has 574 valence electrons. The Morgan fingerprint density at radius 3 is 0.868 bits per heavy atom. The van der Waals surface area contributed by atoms with Crippen LogP contribution < -0.4 is 43.5 Å². The van der Waals surface area contributed by atoms with Gasteiger partial charge in [0.1, 0.15) is 22.4 Å². The lowest BCUT2D eigenvalue weighted by atomic mass is 10.1. The van der Waals surface area contributed by atoms with E-state index in [0.29, 0.717) is 98.8 Å². The summed E-state index contributed by atoms with van der Waals surface area (Å²) in [6.07, 6.45) is 5.05. The van der Waals surface area contributed by atoms with Crippen molar-refractivity contribution in [1.29, 1.82) is 0 Å². The van der Waals surface area contributed by atoms with Crippen molar-refractivity contribution in [3.05, 3.63) is 196 Å². The van der Waals surface area contributed by atoms with Crippen LogP contribution in [0.1, 0.15) is 192 Å². The summed E-state index contributed by atoms with van der Waals surface area (Å²) >= 11 is 0. The molecule has 27 nitrogen and oxygen atoms in total. The molecule has 0 unspecified atom stereocenters. The number of nitrogens with one attached hydrogen (secondary N) is 7. The molecule has 0 bridgehead atoms. The van der Waals surface area contributed by atoms with Gasteiger partial charge in [0.2, 0.25) is 17.7 Å². The quantitative estimate of drug-likeness (QED) is 0.00991. The number of hydroxylamine groups is 2. The van der Waals surface area contributed by atoms with Gasteiger partial charge in [0, 0.05) is 47.5 Å². The van der Waals surface area contributed by atoms with E-state index in [1.807, 2.05) is 72.8 Å². The minimum Gasteiger partial charge on any atom is -0.465 e. The number of methoxy groups -OCH3 is 1. The van der Waals surface area contributed by atoms with Crippen LogP contribution in [0.25, 0.3) is 0 Å². The Balaban J connectivity index is 0.000000344. The van der Waals surface area contributed by atoms with Gasteiger partial charge in [-0.2, -0.15) is 0 Å². The maximum atomic E-state index is 12.7. The third kappa shape index (κ3) is 36.5. The van der Waals surface area contributed by atoms with Gasteiger partial charge in [-0.1, -0.05) is 72.8 Å². The predicted molar refractivity (Wildman–Crippen MR) is 403 cm³/mol. The van der Waals surface area contributed by atoms with Crippen molar-refractivity contribution in [1.82, 2.24) is 31.8 Å². The van der Waals surface area contributed by atoms with Crippen molar-refractivity contribution in [2.75, 3.05) is 42.7 Å². The molecule has 27 heteroatoms. The summed E-state index contributed by atoms with van der Waals surface area (Å²) in [5.41, 5.74) is 20.1. The van der Waals surface area contributed by atoms with Crippen molar-refractivity contribution in [2.45, 2.75) is 189 Å².